The summed E-state index contributed by atoms with van der Waals surface area (Å²) in [6.45, 7) is 7.92. The second kappa shape index (κ2) is 5.08. The van der Waals surface area contributed by atoms with E-state index in [1.807, 2.05) is 33.1 Å². The van der Waals surface area contributed by atoms with Gasteiger partial charge in [-0.15, -0.1) is 0 Å². The number of nitrogens with one attached hydrogen (secondary N) is 1. The van der Waals surface area contributed by atoms with E-state index >= 15 is 0 Å². The lowest BCUT2D eigenvalue weighted by Gasteiger charge is -2.21. The standard InChI is InChI=1S/C10H16BrNOS2/c1-7(8-5-14-6-9(8)11)12-15(13)10(2,3)4/h5-7,12H,1-4H3/t7?,15-/m0/s1. The normalized spacial score (nSPS) is 16.3. The van der Waals surface area contributed by atoms with E-state index in [0.717, 1.165) is 10.0 Å². The maximum Gasteiger partial charge on any atom is 0.0975 e. The molecule has 0 amide bonds. The zero-order valence-corrected chi connectivity index (χ0v) is 12.6. The summed E-state index contributed by atoms with van der Waals surface area (Å²) >= 11 is 5.12. The Morgan fingerprint density at radius 3 is 2.47 bits per heavy atom. The molecule has 0 fully saturated rings. The van der Waals surface area contributed by atoms with Gasteiger partial charge in [-0.2, -0.15) is 11.3 Å². The molecule has 0 radical (unpaired) electrons. The van der Waals surface area contributed by atoms with Gasteiger partial charge in [0, 0.05) is 15.9 Å². The number of rotatable bonds is 3. The van der Waals surface area contributed by atoms with Gasteiger partial charge in [0.05, 0.1) is 15.7 Å². The van der Waals surface area contributed by atoms with Gasteiger partial charge in [-0.05, 0) is 54.6 Å². The van der Waals surface area contributed by atoms with Crippen LogP contribution in [0.3, 0.4) is 0 Å². The van der Waals surface area contributed by atoms with Crippen molar-refractivity contribution in [2.45, 2.75) is 38.5 Å². The summed E-state index contributed by atoms with van der Waals surface area (Å²) in [5, 5.41) is 4.11. The predicted molar refractivity (Wildman–Crippen MR) is 71.5 cm³/mol. The SMILES string of the molecule is CC(N[S@@](=O)C(C)(C)C)c1cscc1Br. The molecule has 1 unspecified atom stereocenters. The molecule has 1 aromatic heterocycles. The summed E-state index contributed by atoms with van der Waals surface area (Å²) in [4.78, 5) is 0. The van der Waals surface area contributed by atoms with Gasteiger partial charge >= 0.3 is 0 Å². The maximum atomic E-state index is 11.9. The largest absolute Gasteiger partial charge is 0.242 e. The minimum atomic E-state index is -1.03. The van der Waals surface area contributed by atoms with Crippen molar-refractivity contribution in [1.82, 2.24) is 4.72 Å². The van der Waals surface area contributed by atoms with Crippen LogP contribution in [-0.2, 0) is 11.0 Å². The van der Waals surface area contributed by atoms with Crippen LogP contribution in [0.2, 0.25) is 0 Å². The fraction of sp³-hybridized carbons (Fsp3) is 0.600. The molecule has 2 atom stereocenters. The van der Waals surface area contributed by atoms with Crippen molar-refractivity contribution in [2.75, 3.05) is 0 Å². The van der Waals surface area contributed by atoms with Crippen molar-refractivity contribution in [3.8, 4) is 0 Å². The summed E-state index contributed by atoms with van der Waals surface area (Å²) in [6.07, 6.45) is 0. The molecule has 0 aliphatic heterocycles. The van der Waals surface area contributed by atoms with Gasteiger partial charge in [-0.1, -0.05) is 0 Å². The van der Waals surface area contributed by atoms with Crippen molar-refractivity contribution in [3.05, 3.63) is 20.8 Å². The molecule has 86 valence electrons. The highest BCUT2D eigenvalue weighted by molar-refractivity contribution is 9.10. The Kier molecular flexibility index (Phi) is 4.52. The minimum Gasteiger partial charge on any atom is -0.242 e. The highest BCUT2D eigenvalue weighted by atomic mass is 79.9. The summed E-state index contributed by atoms with van der Waals surface area (Å²) in [6, 6.07) is 0.102. The number of halogens is 1. The van der Waals surface area contributed by atoms with Crippen LogP contribution in [0.1, 0.15) is 39.3 Å². The first-order valence-corrected chi connectivity index (χ1v) is 7.60. The lowest BCUT2D eigenvalue weighted by molar-refractivity contribution is 0.616. The molecule has 2 nitrogen and oxygen atoms in total. The second-order valence-electron chi connectivity index (χ2n) is 4.40. The molecule has 0 aromatic carbocycles. The Labute approximate surface area is 106 Å². The molecule has 1 N–H and O–H groups in total. The third-order valence-electron chi connectivity index (χ3n) is 1.95. The first-order chi connectivity index (χ1) is 6.82. The molecule has 15 heavy (non-hydrogen) atoms. The van der Waals surface area contributed by atoms with E-state index in [4.69, 9.17) is 0 Å². The van der Waals surface area contributed by atoms with Crippen LogP contribution in [0.25, 0.3) is 0 Å². The second-order valence-corrected chi connectivity index (χ2v) is 7.99. The fourth-order valence-electron chi connectivity index (χ4n) is 1.00. The van der Waals surface area contributed by atoms with Crippen LogP contribution in [0, 0.1) is 0 Å². The molecular formula is C10H16BrNOS2. The van der Waals surface area contributed by atoms with Crippen molar-refractivity contribution in [1.29, 1.82) is 0 Å². The summed E-state index contributed by atoms with van der Waals surface area (Å²) in [7, 11) is -1.03. The highest BCUT2D eigenvalue weighted by Gasteiger charge is 2.22. The molecule has 0 saturated carbocycles. The average molecular weight is 310 g/mol. The summed E-state index contributed by atoms with van der Waals surface area (Å²) < 4.78 is 15.8. The topological polar surface area (TPSA) is 29.1 Å². The molecule has 0 spiro atoms. The Balaban J connectivity index is 2.69. The van der Waals surface area contributed by atoms with Gasteiger partial charge in [0.2, 0.25) is 0 Å². The predicted octanol–water partition coefficient (Wildman–Crippen LogP) is 3.62. The minimum absolute atomic E-state index is 0.102. The fourth-order valence-corrected chi connectivity index (χ4v) is 3.54. The van der Waals surface area contributed by atoms with Gasteiger partial charge in [0.1, 0.15) is 0 Å². The van der Waals surface area contributed by atoms with Crippen molar-refractivity contribution in [3.63, 3.8) is 0 Å². The van der Waals surface area contributed by atoms with Gasteiger partial charge in [0.25, 0.3) is 0 Å². The zero-order chi connectivity index (χ0) is 11.6. The molecular weight excluding hydrogens is 294 g/mol. The highest BCUT2D eigenvalue weighted by Crippen LogP contribution is 2.27. The quantitative estimate of drug-likeness (QED) is 0.907. The van der Waals surface area contributed by atoms with Crippen molar-refractivity contribution >= 4 is 38.3 Å². The first-order valence-electron chi connectivity index (χ1n) is 4.72. The summed E-state index contributed by atoms with van der Waals surface area (Å²) in [5.74, 6) is 0. The van der Waals surface area contributed by atoms with Crippen LogP contribution in [-0.4, -0.2) is 8.96 Å². The lowest BCUT2D eigenvalue weighted by atomic mass is 10.2. The van der Waals surface area contributed by atoms with Crippen LogP contribution >= 0.6 is 27.3 Å². The molecule has 1 rings (SSSR count). The number of hydrogen-bond donors (Lipinski definition) is 1. The van der Waals surface area contributed by atoms with Gasteiger partial charge in [-0.3, -0.25) is 0 Å². The van der Waals surface area contributed by atoms with Crippen molar-refractivity contribution in [2.24, 2.45) is 0 Å². The third kappa shape index (κ3) is 3.66. The van der Waals surface area contributed by atoms with E-state index in [-0.39, 0.29) is 10.8 Å². The molecule has 0 saturated heterocycles. The molecule has 0 aliphatic carbocycles. The number of hydrogen-bond acceptors (Lipinski definition) is 2. The Hall–Kier alpha value is 0.290. The third-order valence-corrected chi connectivity index (χ3v) is 5.38. The van der Waals surface area contributed by atoms with E-state index in [1.54, 1.807) is 11.3 Å². The molecule has 0 aliphatic rings. The van der Waals surface area contributed by atoms with Gasteiger partial charge in [-0.25, -0.2) is 8.93 Å². The zero-order valence-electron chi connectivity index (χ0n) is 9.33. The Bertz CT molecular complexity index is 357. The van der Waals surface area contributed by atoms with Crippen LogP contribution < -0.4 is 4.72 Å². The van der Waals surface area contributed by atoms with E-state index in [9.17, 15) is 4.21 Å². The lowest BCUT2D eigenvalue weighted by Crippen LogP contribution is -2.34. The van der Waals surface area contributed by atoms with Crippen LogP contribution in [0.15, 0.2) is 15.2 Å². The molecule has 1 heterocycles. The molecule has 5 heteroatoms. The van der Waals surface area contributed by atoms with E-state index in [1.165, 1.54) is 0 Å². The van der Waals surface area contributed by atoms with E-state index < -0.39 is 11.0 Å². The molecule has 0 bridgehead atoms. The monoisotopic (exact) mass is 309 g/mol. The maximum absolute atomic E-state index is 11.9. The smallest absolute Gasteiger partial charge is 0.0975 e. The summed E-state index contributed by atoms with van der Waals surface area (Å²) in [5.41, 5.74) is 1.16. The first kappa shape index (κ1) is 13.4. The van der Waals surface area contributed by atoms with E-state index in [2.05, 4.69) is 26.0 Å². The van der Waals surface area contributed by atoms with Gasteiger partial charge < -0.3 is 0 Å². The van der Waals surface area contributed by atoms with E-state index in [0.29, 0.717) is 0 Å². The van der Waals surface area contributed by atoms with Crippen molar-refractivity contribution < 1.29 is 4.21 Å². The average Bonchev–Trinajstić information content (AvgIpc) is 2.49. The Morgan fingerprint density at radius 2 is 2.07 bits per heavy atom. The van der Waals surface area contributed by atoms with Gasteiger partial charge in [0.15, 0.2) is 0 Å². The van der Waals surface area contributed by atoms with Crippen LogP contribution in [0.4, 0.5) is 0 Å². The number of thiophene rings is 1. The van der Waals surface area contributed by atoms with Crippen LogP contribution in [0.5, 0.6) is 0 Å². The molecule has 1 aromatic rings. The Morgan fingerprint density at radius 1 is 1.47 bits per heavy atom.